The van der Waals surface area contributed by atoms with E-state index in [2.05, 4.69) is 241 Å². The Balaban J connectivity index is 0.918. The molecule has 0 N–H and O–H groups in total. The van der Waals surface area contributed by atoms with Gasteiger partial charge in [-0.15, -0.1) is 0 Å². The quantitative estimate of drug-likeness (QED) is 0.149. The van der Waals surface area contributed by atoms with Crippen LogP contribution in [0.2, 0.25) is 0 Å². The highest BCUT2D eigenvalue weighted by atomic mass is 16.3. The minimum absolute atomic E-state index is 0.889. The Morgan fingerprint density at radius 1 is 0.242 bits per heavy atom. The molecule has 0 amide bonds. The highest BCUT2D eigenvalue weighted by Gasteiger charge is 2.18. The lowest BCUT2D eigenvalue weighted by Crippen LogP contribution is -2.10. The van der Waals surface area contributed by atoms with Gasteiger partial charge in [0.05, 0.1) is 0 Å². The molecular formula is C64H41NO. The van der Waals surface area contributed by atoms with E-state index in [1.807, 2.05) is 12.1 Å². The van der Waals surface area contributed by atoms with E-state index in [-0.39, 0.29) is 0 Å². The molecule has 0 fully saturated rings. The molecule has 13 rings (SSSR count). The first-order valence-electron chi connectivity index (χ1n) is 22.6. The van der Waals surface area contributed by atoms with Gasteiger partial charge in [-0.2, -0.15) is 0 Å². The molecule has 12 aromatic carbocycles. The predicted octanol–water partition coefficient (Wildman–Crippen LogP) is 18.3. The van der Waals surface area contributed by atoms with Crippen molar-refractivity contribution in [2.75, 3.05) is 4.90 Å². The molecule has 2 nitrogen and oxygen atoms in total. The number of hydrogen-bond acceptors (Lipinski definition) is 2. The Labute approximate surface area is 382 Å². The Morgan fingerprint density at radius 3 is 1.38 bits per heavy atom. The fourth-order valence-corrected chi connectivity index (χ4v) is 10.2. The van der Waals surface area contributed by atoms with Crippen LogP contribution in [0.5, 0.6) is 0 Å². The van der Waals surface area contributed by atoms with E-state index >= 15 is 0 Å². The van der Waals surface area contributed by atoms with E-state index in [0.29, 0.717) is 0 Å². The van der Waals surface area contributed by atoms with Crippen molar-refractivity contribution in [3.05, 3.63) is 249 Å². The molecule has 2 heteroatoms. The number of furan rings is 1. The van der Waals surface area contributed by atoms with Crippen LogP contribution in [0, 0.1) is 0 Å². The molecule has 0 atom stereocenters. The van der Waals surface area contributed by atoms with Crippen molar-refractivity contribution >= 4 is 82.1 Å². The normalized spacial score (nSPS) is 11.6. The average Bonchev–Trinajstić information content (AvgIpc) is 3.78. The number of anilines is 3. The third-order valence-electron chi connectivity index (χ3n) is 13.4. The predicted molar refractivity (Wildman–Crippen MR) is 280 cm³/mol. The molecule has 0 unspecified atom stereocenters. The van der Waals surface area contributed by atoms with Crippen LogP contribution in [0.15, 0.2) is 253 Å². The van der Waals surface area contributed by atoms with Crippen molar-refractivity contribution < 1.29 is 4.42 Å². The summed E-state index contributed by atoms with van der Waals surface area (Å²) < 4.78 is 6.34. The second kappa shape index (κ2) is 15.5. The lowest BCUT2D eigenvalue weighted by atomic mass is 9.96. The third kappa shape index (κ3) is 6.50. The summed E-state index contributed by atoms with van der Waals surface area (Å²) in [6, 6.07) is 90.4. The van der Waals surface area contributed by atoms with Crippen molar-refractivity contribution in [2.45, 2.75) is 0 Å². The summed E-state index contributed by atoms with van der Waals surface area (Å²) >= 11 is 0. The molecule has 0 bridgehead atoms. The minimum atomic E-state index is 0.889. The van der Waals surface area contributed by atoms with E-state index in [9.17, 15) is 0 Å². The van der Waals surface area contributed by atoms with Crippen molar-refractivity contribution in [1.29, 1.82) is 0 Å². The second-order valence-electron chi connectivity index (χ2n) is 17.3. The fraction of sp³-hybridized carbons (Fsp3) is 0. The Hall–Kier alpha value is -8.72. The van der Waals surface area contributed by atoms with Gasteiger partial charge >= 0.3 is 0 Å². The number of para-hydroxylation sites is 1. The first kappa shape index (κ1) is 37.8. The van der Waals surface area contributed by atoms with Gasteiger partial charge in [0.2, 0.25) is 0 Å². The molecule has 1 heterocycles. The van der Waals surface area contributed by atoms with E-state index in [0.717, 1.165) is 66.8 Å². The van der Waals surface area contributed by atoms with Crippen LogP contribution in [0.1, 0.15) is 0 Å². The minimum Gasteiger partial charge on any atom is -0.456 e. The molecular weight excluding hydrogens is 799 g/mol. The topological polar surface area (TPSA) is 16.4 Å². The number of benzene rings is 12. The van der Waals surface area contributed by atoms with Gasteiger partial charge in [-0.25, -0.2) is 0 Å². The Kier molecular flexibility index (Phi) is 8.89. The maximum absolute atomic E-state index is 6.34. The second-order valence-corrected chi connectivity index (χ2v) is 17.3. The average molecular weight is 840 g/mol. The fourth-order valence-electron chi connectivity index (χ4n) is 10.2. The van der Waals surface area contributed by atoms with Crippen molar-refractivity contribution in [1.82, 2.24) is 0 Å². The Morgan fingerprint density at radius 2 is 0.682 bits per heavy atom. The van der Waals surface area contributed by atoms with Crippen LogP contribution in [-0.4, -0.2) is 0 Å². The van der Waals surface area contributed by atoms with Gasteiger partial charge in [0.25, 0.3) is 0 Å². The summed E-state index contributed by atoms with van der Waals surface area (Å²) in [5.41, 5.74) is 14.3. The summed E-state index contributed by atoms with van der Waals surface area (Å²) in [7, 11) is 0. The van der Waals surface area contributed by atoms with Crippen molar-refractivity contribution in [3.8, 4) is 44.5 Å². The SMILES string of the molecule is c1cc(-c2ccc(-c3ccc4c(ccc5ccccc54)c3)cc2)cc(N(c2cccc(-c3ccc4ccc5ccccc5c4c3)c2)c2cccc(-c3cccc4oc5ccccc5c34)c2)c1. The van der Waals surface area contributed by atoms with Crippen LogP contribution in [-0.2, 0) is 0 Å². The number of rotatable bonds is 7. The smallest absolute Gasteiger partial charge is 0.136 e. The molecule has 66 heavy (non-hydrogen) atoms. The molecule has 13 aromatic rings. The highest BCUT2D eigenvalue weighted by molar-refractivity contribution is 6.13. The summed E-state index contributed by atoms with van der Waals surface area (Å²) in [5, 5.41) is 12.3. The highest BCUT2D eigenvalue weighted by Crippen LogP contribution is 2.43. The summed E-state index contributed by atoms with van der Waals surface area (Å²) in [6.45, 7) is 0. The van der Waals surface area contributed by atoms with Crippen LogP contribution in [0.25, 0.3) is 110 Å². The van der Waals surface area contributed by atoms with Gasteiger partial charge < -0.3 is 9.32 Å². The molecule has 0 aliphatic rings. The molecule has 1 aromatic heterocycles. The maximum atomic E-state index is 6.34. The van der Waals surface area contributed by atoms with Gasteiger partial charge in [0, 0.05) is 27.8 Å². The van der Waals surface area contributed by atoms with E-state index in [1.54, 1.807) is 0 Å². The third-order valence-corrected chi connectivity index (χ3v) is 13.4. The van der Waals surface area contributed by atoms with Gasteiger partial charge in [-0.1, -0.05) is 188 Å². The lowest BCUT2D eigenvalue weighted by molar-refractivity contribution is 0.669. The summed E-state index contributed by atoms with van der Waals surface area (Å²) in [5.74, 6) is 0. The van der Waals surface area contributed by atoms with Crippen LogP contribution in [0.4, 0.5) is 17.1 Å². The zero-order valence-corrected chi connectivity index (χ0v) is 36.0. The molecule has 308 valence electrons. The van der Waals surface area contributed by atoms with E-state index in [4.69, 9.17) is 4.42 Å². The van der Waals surface area contributed by atoms with Crippen LogP contribution < -0.4 is 4.90 Å². The maximum Gasteiger partial charge on any atom is 0.136 e. The first-order valence-corrected chi connectivity index (χ1v) is 22.6. The molecule has 0 aliphatic heterocycles. The molecule has 0 radical (unpaired) electrons. The molecule has 0 aliphatic carbocycles. The van der Waals surface area contributed by atoms with Crippen molar-refractivity contribution in [3.63, 3.8) is 0 Å². The number of hydrogen-bond donors (Lipinski definition) is 0. The van der Waals surface area contributed by atoms with Gasteiger partial charge in [-0.05, 0) is 148 Å². The van der Waals surface area contributed by atoms with Crippen LogP contribution >= 0.6 is 0 Å². The first-order chi connectivity index (χ1) is 32.7. The largest absolute Gasteiger partial charge is 0.456 e. The standard InChI is InChI=1S/C64H41NO/c1-3-19-56-44(11-1)32-34-52-37-49(35-36-58(52)56)43-27-25-42(26-28-43)47-13-7-16-53(38-47)65(55-18-9-15-51(40-55)59-22-10-24-63-64(59)60-21-5-6-23-62(60)66-63)54-17-8-14-48(39-54)50-33-31-46-30-29-45-12-2-4-20-57(45)61(46)41-50/h1-41H. The van der Waals surface area contributed by atoms with E-state index in [1.165, 1.54) is 59.8 Å². The molecule has 0 saturated heterocycles. The van der Waals surface area contributed by atoms with Gasteiger partial charge in [0.1, 0.15) is 11.2 Å². The monoisotopic (exact) mass is 839 g/mol. The van der Waals surface area contributed by atoms with Crippen LogP contribution in [0.3, 0.4) is 0 Å². The molecule has 0 spiro atoms. The number of fused-ring (bicyclic) bond motifs is 9. The summed E-state index contributed by atoms with van der Waals surface area (Å²) in [6.07, 6.45) is 0. The molecule has 0 saturated carbocycles. The number of nitrogens with zero attached hydrogens (tertiary/aromatic N) is 1. The summed E-state index contributed by atoms with van der Waals surface area (Å²) in [4.78, 5) is 2.40. The van der Waals surface area contributed by atoms with Gasteiger partial charge in [-0.3, -0.25) is 0 Å². The Bertz CT molecular complexity index is 4010. The van der Waals surface area contributed by atoms with Gasteiger partial charge in [0.15, 0.2) is 0 Å². The van der Waals surface area contributed by atoms with E-state index < -0.39 is 0 Å². The zero-order chi connectivity index (χ0) is 43.6. The lowest BCUT2D eigenvalue weighted by Gasteiger charge is -2.27. The van der Waals surface area contributed by atoms with Crippen molar-refractivity contribution in [2.24, 2.45) is 0 Å². The zero-order valence-electron chi connectivity index (χ0n) is 36.0.